The van der Waals surface area contributed by atoms with Gasteiger partial charge in [-0.2, -0.15) is 9.65 Å². The maximum atomic E-state index is 12.1. The number of amides is 2. The maximum absolute atomic E-state index is 12.1. The standard InChI is InChI=1S/C19H25N7O3S/c1-30(28)9-4-20-19(27)24-16-11-21-25-17(16)18-22-14-3-2-13(10-15(14)23-18)12-26-5-7-29-8-6-26/h2-3,10-11,28H,4-9,12H2,1H3,(H3-,20,21,22,23,24,25,27)/p+1. The third-order valence-electron chi connectivity index (χ3n) is 4.86. The van der Waals surface area contributed by atoms with Crippen LogP contribution in [0.5, 0.6) is 0 Å². The first-order valence-electron chi connectivity index (χ1n) is 9.77. The molecule has 1 aliphatic rings. The molecule has 2 amide bonds. The van der Waals surface area contributed by atoms with Crippen LogP contribution in [0.4, 0.5) is 10.5 Å². The Morgan fingerprint density at radius 3 is 3.00 bits per heavy atom. The smallest absolute Gasteiger partial charge is 0.319 e. The summed E-state index contributed by atoms with van der Waals surface area (Å²) in [5.41, 5.74) is 4.12. The summed E-state index contributed by atoms with van der Waals surface area (Å²) in [6.45, 7) is 4.70. The van der Waals surface area contributed by atoms with Crippen molar-refractivity contribution in [2.45, 2.75) is 6.54 Å². The van der Waals surface area contributed by atoms with E-state index in [9.17, 15) is 9.35 Å². The van der Waals surface area contributed by atoms with Crippen LogP contribution >= 0.6 is 0 Å². The predicted molar refractivity (Wildman–Crippen MR) is 118 cm³/mol. The summed E-state index contributed by atoms with van der Waals surface area (Å²) in [6, 6.07) is 5.84. The van der Waals surface area contributed by atoms with Crippen LogP contribution in [0.1, 0.15) is 5.56 Å². The van der Waals surface area contributed by atoms with E-state index >= 15 is 0 Å². The number of ether oxygens (including phenoxy) is 1. The zero-order chi connectivity index (χ0) is 20.9. The Bertz CT molecular complexity index is 997. The number of benzene rings is 1. The van der Waals surface area contributed by atoms with Gasteiger partial charge in [0.25, 0.3) is 0 Å². The predicted octanol–water partition coefficient (Wildman–Crippen LogP) is 1.63. The molecular formula is C19H26N7O3S+. The normalized spacial score (nSPS) is 15.9. The molecule has 1 aromatic carbocycles. The Kier molecular flexibility index (Phi) is 6.53. The van der Waals surface area contributed by atoms with Crippen molar-refractivity contribution < 1.29 is 14.1 Å². The number of hydrogen-bond acceptors (Lipinski definition) is 6. The Labute approximate surface area is 177 Å². The minimum Gasteiger partial charge on any atom is -0.379 e. The SMILES string of the molecule is C[S+](O)CCNC(=O)Nc1cn[nH]c1-c1nc2ccc(CN3CCOCC3)cc2[nH]1. The number of carbonyl (C=O) groups excluding carboxylic acids is 1. The molecule has 1 aliphatic heterocycles. The molecule has 1 fully saturated rings. The average Bonchev–Trinajstić information content (AvgIpc) is 3.34. The highest BCUT2D eigenvalue weighted by Gasteiger charge is 2.16. The van der Waals surface area contributed by atoms with Gasteiger partial charge in [0.2, 0.25) is 0 Å². The molecule has 2 aromatic heterocycles. The van der Waals surface area contributed by atoms with Gasteiger partial charge < -0.3 is 20.4 Å². The van der Waals surface area contributed by atoms with Gasteiger partial charge in [0.05, 0.1) is 42.7 Å². The van der Waals surface area contributed by atoms with Crippen molar-refractivity contribution in [1.29, 1.82) is 0 Å². The van der Waals surface area contributed by atoms with Gasteiger partial charge >= 0.3 is 6.03 Å². The largest absolute Gasteiger partial charge is 0.379 e. The molecule has 3 heterocycles. The van der Waals surface area contributed by atoms with Crippen molar-refractivity contribution in [2.75, 3.05) is 50.2 Å². The van der Waals surface area contributed by atoms with Gasteiger partial charge in [-0.25, -0.2) is 9.78 Å². The molecule has 11 heteroatoms. The molecule has 4 rings (SSSR count). The number of fused-ring (bicyclic) bond motifs is 1. The Balaban J connectivity index is 1.46. The van der Waals surface area contributed by atoms with E-state index in [-0.39, 0.29) is 6.03 Å². The molecule has 0 saturated carbocycles. The Morgan fingerprint density at radius 2 is 2.20 bits per heavy atom. The highest BCUT2D eigenvalue weighted by molar-refractivity contribution is 7.90. The molecule has 0 radical (unpaired) electrons. The summed E-state index contributed by atoms with van der Waals surface area (Å²) in [6.07, 6.45) is 3.25. The molecule has 0 bridgehead atoms. The number of rotatable bonds is 7. The van der Waals surface area contributed by atoms with E-state index < -0.39 is 11.2 Å². The molecule has 160 valence electrons. The van der Waals surface area contributed by atoms with Crippen molar-refractivity contribution in [2.24, 2.45) is 0 Å². The number of urea groups is 1. The molecule has 3 aromatic rings. The first-order valence-corrected chi connectivity index (χ1v) is 11.5. The van der Waals surface area contributed by atoms with Crippen LogP contribution in [0.15, 0.2) is 24.4 Å². The third kappa shape index (κ3) is 5.11. The number of nitrogens with one attached hydrogen (secondary N) is 4. The van der Waals surface area contributed by atoms with Crippen molar-refractivity contribution >= 4 is 33.9 Å². The van der Waals surface area contributed by atoms with Gasteiger partial charge in [-0.3, -0.25) is 10.00 Å². The molecule has 0 spiro atoms. The van der Waals surface area contributed by atoms with E-state index in [1.54, 1.807) is 12.5 Å². The summed E-state index contributed by atoms with van der Waals surface area (Å²) in [5.74, 6) is 1.12. The molecule has 1 atom stereocenters. The zero-order valence-electron chi connectivity index (χ0n) is 16.8. The average molecular weight is 433 g/mol. The minimum atomic E-state index is -0.704. The fraction of sp³-hybridized carbons (Fsp3) is 0.421. The van der Waals surface area contributed by atoms with E-state index in [0.29, 0.717) is 29.5 Å². The second-order valence-corrected chi connectivity index (χ2v) is 8.78. The number of anilines is 1. The van der Waals surface area contributed by atoms with Gasteiger partial charge in [-0.1, -0.05) is 6.07 Å². The van der Waals surface area contributed by atoms with E-state index in [0.717, 1.165) is 43.9 Å². The molecule has 5 N–H and O–H groups in total. The second kappa shape index (κ2) is 9.47. The van der Waals surface area contributed by atoms with E-state index in [2.05, 4.69) is 47.8 Å². The summed E-state index contributed by atoms with van der Waals surface area (Å²) in [4.78, 5) is 22.4. The van der Waals surface area contributed by atoms with Gasteiger partial charge in [0.15, 0.2) is 11.6 Å². The number of aromatic nitrogens is 4. The first kappa shape index (κ1) is 20.7. The molecule has 1 saturated heterocycles. The van der Waals surface area contributed by atoms with Gasteiger partial charge in [0.1, 0.15) is 23.1 Å². The first-order chi connectivity index (χ1) is 14.6. The molecule has 0 aliphatic carbocycles. The highest BCUT2D eigenvalue weighted by atomic mass is 32.2. The monoisotopic (exact) mass is 432 g/mol. The van der Waals surface area contributed by atoms with Crippen LogP contribution in [0, 0.1) is 0 Å². The molecule has 10 nitrogen and oxygen atoms in total. The lowest BCUT2D eigenvalue weighted by Crippen LogP contribution is -2.35. The van der Waals surface area contributed by atoms with Crippen LogP contribution in [0.2, 0.25) is 0 Å². The van der Waals surface area contributed by atoms with Gasteiger partial charge in [0, 0.05) is 19.6 Å². The van der Waals surface area contributed by atoms with Crippen LogP contribution in [0.25, 0.3) is 22.6 Å². The van der Waals surface area contributed by atoms with Crippen molar-refractivity contribution in [3.8, 4) is 11.5 Å². The van der Waals surface area contributed by atoms with E-state index in [1.165, 1.54) is 5.56 Å². The highest BCUT2D eigenvalue weighted by Crippen LogP contribution is 2.26. The number of hydrogen-bond donors (Lipinski definition) is 5. The summed E-state index contributed by atoms with van der Waals surface area (Å²) >= 11 is -0.704. The van der Waals surface area contributed by atoms with Crippen LogP contribution in [-0.2, 0) is 22.5 Å². The molecular weight excluding hydrogens is 406 g/mol. The number of carbonyl (C=O) groups is 1. The number of imidazole rings is 1. The quantitative estimate of drug-likeness (QED) is 0.361. The Hall–Kier alpha value is -2.60. The summed E-state index contributed by atoms with van der Waals surface area (Å²) in [5, 5.41) is 12.4. The van der Waals surface area contributed by atoms with Crippen molar-refractivity contribution in [3.63, 3.8) is 0 Å². The fourth-order valence-electron chi connectivity index (χ4n) is 3.33. The van der Waals surface area contributed by atoms with Gasteiger partial charge in [-0.05, 0) is 17.7 Å². The minimum absolute atomic E-state index is 0.355. The Morgan fingerprint density at radius 1 is 1.37 bits per heavy atom. The number of H-pyrrole nitrogens is 2. The van der Waals surface area contributed by atoms with Crippen molar-refractivity contribution in [3.05, 3.63) is 30.0 Å². The fourth-order valence-corrected chi connectivity index (χ4v) is 3.73. The van der Waals surface area contributed by atoms with Crippen LogP contribution < -0.4 is 10.6 Å². The molecule has 30 heavy (non-hydrogen) atoms. The zero-order valence-corrected chi connectivity index (χ0v) is 17.6. The lowest BCUT2D eigenvalue weighted by Gasteiger charge is -2.26. The lowest BCUT2D eigenvalue weighted by atomic mass is 10.2. The number of aromatic amines is 2. The maximum Gasteiger partial charge on any atom is 0.319 e. The topological polar surface area (TPSA) is 131 Å². The third-order valence-corrected chi connectivity index (χ3v) is 5.66. The number of morpholine rings is 1. The van der Waals surface area contributed by atoms with E-state index in [4.69, 9.17) is 4.74 Å². The van der Waals surface area contributed by atoms with Gasteiger partial charge in [-0.15, -0.1) is 0 Å². The lowest BCUT2D eigenvalue weighted by molar-refractivity contribution is 0.0342. The van der Waals surface area contributed by atoms with Crippen LogP contribution in [0.3, 0.4) is 0 Å². The molecule has 1 unspecified atom stereocenters. The second-order valence-electron chi connectivity index (χ2n) is 7.17. The summed E-state index contributed by atoms with van der Waals surface area (Å²) in [7, 11) is 0. The van der Waals surface area contributed by atoms with Crippen molar-refractivity contribution in [1.82, 2.24) is 30.4 Å². The van der Waals surface area contributed by atoms with E-state index in [1.807, 2.05) is 6.07 Å². The van der Waals surface area contributed by atoms with Crippen LogP contribution in [-0.4, -0.2) is 80.5 Å². The summed E-state index contributed by atoms with van der Waals surface area (Å²) < 4.78 is 14.7. The number of nitrogens with zero attached hydrogens (tertiary/aromatic N) is 3.